The Labute approximate surface area is 111 Å². The molecule has 0 aliphatic rings. The van der Waals surface area contributed by atoms with Gasteiger partial charge >= 0.3 is 0 Å². The van der Waals surface area contributed by atoms with Gasteiger partial charge in [-0.2, -0.15) is 5.26 Å². The van der Waals surface area contributed by atoms with E-state index in [0.717, 1.165) is 21.2 Å². The zero-order valence-electron chi connectivity index (χ0n) is 10.4. The lowest BCUT2D eigenvalue weighted by atomic mass is 10.1. The van der Waals surface area contributed by atoms with Gasteiger partial charge in [0, 0.05) is 11.1 Å². The SMILES string of the molecule is Cc1cccc(OCc2ncc(CC#N)s2)c1C. The summed E-state index contributed by atoms with van der Waals surface area (Å²) < 4.78 is 5.76. The minimum absolute atomic E-state index is 0.418. The summed E-state index contributed by atoms with van der Waals surface area (Å²) in [5, 5.41) is 9.51. The predicted octanol–water partition coefficient (Wildman–Crippen LogP) is 3.41. The summed E-state index contributed by atoms with van der Waals surface area (Å²) in [6, 6.07) is 8.13. The largest absolute Gasteiger partial charge is 0.486 e. The average molecular weight is 258 g/mol. The first-order valence-corrected chi connectivity index (χ1v) is 6.52. The van der Waals surface area contributed by atoms with E-state index >= 15 is 0 Å². The molecule has 4 heteroatoms. The highest BCUT2D eigenvalue weighted by molar-refractivity contribution is 7.11. The summed E-state index contributed by atoms with van der Waals surface area (Å²) in [4.78, 5) is 5.23. The molecule has 3 nitrogen and oxygen atoms in total. The standard InChI is InChI=1S/C14H14N2OS/c1-10-4-3-5-13(11(10)2)17-9-14-16-8-12(18-14)6-7-15/h3-5,8H,6,9H2,1-2H3. The van der Waals surface area contributed by atoms with Crippen molar-refractivity contribution < 1.29 is 4.74 Å². The maximum Gasteiger partial charge on any atom is 0.140 e. The van der Waals surface area contributed by atoms with Crippen LogP contribution in [-0.2, 0) is 13.0 Å². The van der Waals surface area contributed by atoms with Crippen LogP contribution in [-0.4, -0.2) is 4.98 Å². The van der Waals surface area contributed by atoms with Crippen molar-refractivity contribution in [2.75, 3.05) is 0 Å². The van der Waals surface area contributed by atoms with Crippen LogP contribution in [0.5, 0.6) is 5.75 Å². The Morgan fingerprint density at radius 2 is 2.22 bits per heavy atom. The van der Waals surface area contributed by atoms with E-state index in [1.54, 1.807) is 6.20 Å². The fourth-order valence-corrected chi connectivity index (χ4v) is 2.36. The molecule has 0 amide bonds. The first-order chi connectivity index (χ1) is 8.70. The topological polar surface area (TPSA) is 45.9 Å². The predicted molar refractivity (Wildman–Crippen MR) is 71.7 cm³/mol. The lowest BCUT2D eigenvalue weighted by Crippen LogP contribution is -1.97. The molecule has 0 bridgehead atoms. The molecule has 2 rings (SSSR count). The molecule has 0 saturated carbocycles. The van der Waals surface area contributed by atoms with Crippen LogP contribution >= 0.6 is 11.3 Å². The van der Waals surface area contributed by atoms with Crippen molar-refractivity contribution in [2.45, 2.75) is 26.9 Å². The van der Waals surface area contributed by atoms with Gasteiger partial charge in [0.1, 0.15) is 17.4 Å². The van der Waals surface area contributed by atoms with Crippen molar-refractivity contribution in [3.8, 4) is 11.8 Å². The van der Waals surface area contributed by atoms with E-state index in [9.17, 15) is 0 Å². The third kappa shape index (κ3) is 2.88. The van der Waals surface area contributed by atoms with E-state index in [-0.39, 0.29) is 0 Å². The number of aromatic nitrogens is 1. The molecule has 0 unspecified atom stereocenters. The number of aryl methyl sites for hydroxylation is 1. The summed E-state index contributed by atoms with van der Waals surface area (Å²) >= 11 is 1.53. The summed E-state index contributed by atoms with van der Waals surface area (Å²) in [6.07, 6.45) is 2.16. The van der Waals surface area contributed by atoms with Gasteiger partial charge in [0.2, 0.25) is 0 Å². The number of hydrogen-bond donors (Lipinski definition) is 0. The van der Waals surface area contributed by atoms with Gasteiger partial charge in [0.25, 0.3) is 0 Å². The van der Waals surface area contributed by atoms with Crippen LogP contribution in [0.4, 0.5) is 0 Å². The molecule has 0 spiro atoms. The molecule has 92 valence electrons. The molecule has 0 aliphatic carbocycles. The van der Waals surface area contributed by atoms with Crippen LogP contribution in [0.1, 0.15) is 21.0 Å². The number of benzene rings is 1. The zero-order valence-corrected chi connectivity index (χ0v) is 11.3. The zero-order chi connectivity index (χ0) is 13.0. The van der Waals surface area contributed by atoms with E-state index < -0.39 is 0 Å². The van der Waals surface area contributed by atoms with Crippen LogP contribution in [0.15, 0.2) is 24.4 Å². The maximum absolute atomic E-state index is 8.60. The summed E-state index contributed by atoms with van der Waals surface area (Å²) in [5.74, 6) is 0.895. The van der Waals surface area contributed by atoms with Crippen molar-refractivity contribution in [1.82, 2.24) is 4.98 Å². The number of ether oxygens (including phenoxy) is 1. The number of thiazole rings is 1. The van der Waals surface area contributed by atoms with E-state index in [4.69, 9.17) is 10.00 Å². The van der Waals surface area contributed by atoms with Gasteiger partial charge in [-0.05, 0) is 31.0 Å². The maximum atomic E-state index is 8.60. The normalized spacial score (nSPS) is 10.1. The molecule has 2 aromatic rings. The van der Waals surface area contributed by atoms with Crippen LogP contribution in [0.25, 0.3) is 0 Å². The number of hydrogen-bond acceptors (Lipinski definition) is 4. The van der Waals surface area contributed by atoms with Gasteiger partial charge < -0.3 is 4.74 Å². The lowest BCUT2D eigenvalue weighted by Gasteiger charge is -2.09. The molecule has 0 radical (unpaired) electrons. The first-order valence-electron chi connectivity index (χ1n) is 5.70. The second-order valence-electron chi connectivity index (χ2n) is 4.04. The lowest BCUT2D eigenvalue weighted by molar-refractivity contribution is 0.303. The minimum Gasteiger partial charge on any atom is -0.486 e. The van der Waals surface area contributed by atoms with Crippen molar-refractivity contribution in [2.24, 2.45) is 0 Å². The molecule has 0 atom stereocenters. The van der Waals surface area contributed by atoms with Gasteiger partial charge in [-0.1, -0.05) is 12.1 Å². The highest BCUT2D eigenvalue weighted by Gasteiger charge is 2.05. The molecular weight excluding hydrogens is 244 g/mol. The molecule has 1 aromatic carbocycles. The Morgan fingerprint density at radius 3 is 3.00 bits per heavy atom. The molecule has 0 fully saturated rings. The van der Waals surface area contributed by atoms with E-state index in [2.05, 4.69) is 24.0 Å². The molecule has 1 heterocycles. The Kier molecular flexibility index (Phi) is 3.96. The summed E-state index contributed by atoms with van der Waals surface area (Å²) in [5.41, 5.74) is 2.38. The number of nitrogens with zero attached hydrogens (tertiary/aromatic N) is 2. The average Bonchev–Trinajstić information content (AvgIpc) is 2.79. The number of nitriles is 1. The first kappa shape index (κ1) is 12.6. The summed E-state index contributed by atoms with van der Waals surface area (Å²) in [6.45, 7) is 4.57. The number of rotatable bonds is 4. The molecule has 0 N–H and O–H groups in total. The smallest absolute Gasteiger partial charge is 0.140 e. The van der Waals surface area contributed by atoms with Crippen LogP contribution in [0.2, 0.25) is 0 Å². The van der Waals surface area contributed by atoms with Gasteiger partial charge in [0.05, 0.1) is 12.5 Å². The van der Waals surface area contributed by atoms with Crippen molar-refractivity contribution in [3.05, 3.63) is 45.4 Å². The second kappa shape index (κ2) is 5.65. The van der Waals surface area contributed by atoms with Gasteiger partial charge in [-0.15, -0.1) is 11.3 Å². The van der Waals surface area contributed by atoms with Gasteiger partial charge in [-0.3, -0.25) is 0 Å². The molecule has 0 aliphatic heterocycles. The summed E-state index contributed by atoms with van der Waals surface area (Å²) in [7, 11) is 0. The molecular formula is C14H14N2OS. The Morgan fingerprint density at radius 1 is 1.39 bits per heavy atom. The minimum atomic E-state index is 0.418. The van der Waals surface area contributed by atoms with E-state index in [0.29, 0.717) is 13.0 Å². The Bertz CT molecular complexity index is 584. The highest BCUT2D eigenvalue weighted by atomic mass is 32.1. The van der Waals surface area contributed by atoms with Gasteiger partial charge in [-0.25, -0.2) is 4.98 Å². The van der Waals surface area contributed by atoms with Crippen LogP contribution in [0, 0.1) is 25.2 Å². The Hall–Kier alpha value is -1.86. The van der Waals surface area contributed by atoms with Gasteiger partial charge in [0.15, 0.2) is 0 Å². The molecule has 0 saturated heterocycles. The fourth-order valence-electron chi connectivity index (χ4n) is 1.59. The Balaban J connectivity index is 2.02. The molecule has 18 heavy (non-hydrogen) atoms. The third-order valence-corrected chi connectivity index (χ3v) is 3.73. The monoisotopic (exact) mass is 258 g/mol. The quantitative estimate of drug-likeness (QED) is 0.844. The third-order valence-electron chi connectivity index (χ3n) is 2.76. The van der Waals surface area contributed by atoms with Crippen molar-refractivity contribution in [3.63, 3.8) is 0 Å². The van der Waals surface area contributed by atoms with Crippen molar-refractivity contribution in [1.29, 1.82) is 5.26 Å². The van der Waals surface area contributed by atoms with Crippen LogP contribution in [0.3, 0.4) is 0 Å². The highest BCUT2D eigenvalue weighted by Crippen LogP contribution is 2.22. The fraction of sp³-hybridized carbons (Fsp3) is 0.286. The molecule has 1 aromatic heterocycles. The second-order valence-corrected chi connectivity index (χ2v) is 5.24. The van der Waals surface area contributed by atoms with Crippen LogP contribution < -0.4 is 4.74 Å². The van der Waals surface area contributed by atoms with E-state index in [1.807, 2.05) is 19.1 Å². The van der Waals surface area contributed by atoms with Crippen molar-refractivity contribution >= 4 is 11.3 Å². The van der Waals surface area contributed by atoms with E-state index in [1.165, 1.54) is 16.9 Å².